The molecule has 0 saturated carbocycles. The van der Waals surface area contributed by atoms with E-state index >= 15 is 0 Å². The highest BCUT2D eigenvalue weighted by Crippen LogP contribution is 2.19. The number of nitriles is 1. The van der Waals surface area contributed by atoms with E-state index in [1.807, 2.05) is 13.0 Å². The Morgan fingerprint density at radius 1 is 1.50 bits per heavy atom. The summed E-state index contributed by atoms with van der Waals surface area (Å²) >= 11 is 0. The van der Waals surface area contributed by atoms with Crippen molar-refractivity contribution in [2.24, 2.45) is 0 Å². The summed E-state index contributed by atoms with van der Waals surface area (Å²) in [5.74, 6) is 0. The lowest BCUT2D eigenvalue weighted by atomic mass is 10.2. The third-order valence-electron chi connectivity index (χ3n) is 2.80. The summed E-state index contributed by atoms with van der Waals surface area (Å²) in [6.07, 6.45) is -0.104. The van der Waals surface area contributed by atoms with Crippen LogP contribution in [0.5, 0.6) is 0 Å². The summed E-state index contributed by atoms with van der Waals surface area (Å²) in [5.41, 5.74) is 0.345. The minimum absolute atomic E-state index is 0.104. The maximum absolute atomic E-state index is 12.4. The van der Waals surface area contributed by atoms with E-state index in [1.54, 1.807) is 12.1 Å². The highest BCUT2D eigenvalue weighted by Gasteiger charge is 2.29. The normalized spacial score (nSPS) is 21.4. The summed E-state index contributed by atoms with van der Waals surface area (Å²) in [7, 11) is -3.53. The van der Waals surface area contributed by atoms with Gasteiger partial charge in [-0.1, -0.05) is 6.07 Å². The Labute approximate surface area is 107 Å². The van der Waals surface area contributed by atoms with Crippen molar-refractivity contribution >= 4 is 10.0 Å². The molecule has 1 aliphatic heterocycles. The molecule has 0 aromatic heterocycles. The van der Waals surface area contributed by atoms with Crippen molar-refractivity contribution in [3.63, 3.8) is 0 Å². The molecule has 1 saturated heterocycles. The van der Waals surface area contributed by atoms with Gasteiger partial charge < -0.3 is 4.74 Å². The van der Waals surface area contributed by atoms with Crippen molar-refractivity contribution in [1.82, 2.24) is 4.31 Å². The van der Waals surface area contributed by atoms with Crippen LogP contribution in [0.15, 0.2) is 29.2 Å². The zero-order valence-electron chi connectivity index (χ0n) is 10.0. The molecule has 0 aliphatic carbocycles. The Bertz CT molecular complexity index is 577. The van der Waals surface area contributed by atoms with Gasteiger partial charge in [-0.3, -0.25) is 0 Å². The number of benzene rings is 1. The fourth-order valence-corrected chi connectivity index (χ4v) is 3.43. The SMILES string of the molecule is C[C@@H]1CN(S(=O)(=O)c2cccc(C#N)c2)CCO1. The Hall–Kier alpha value is -1.42. The summed E-state index contributed by atoms with van der Waals surface area (Å²) in [5, 5.41) is 8.80. The second kappa shape index (κ2) is 5.06. The second-order valence-electron chi connectivity index (χ2n) is 4.18. The molecule has 2 rings (SSSR count). The summed E-state index contributed by atoms with van der Waals surface area (Å²) < 4.78 is 31.4. The molecule has 18 heavy (non-hydrogen) atoms. The quantitative estimate of drug-likeness (QED) is 0.799. The first-order valence-corrected chi connectivity index (χ1v) is 7.10. The second-order valence-corrected chi connectivity index (χ2v) is 6.12. The summed E-state index contributed by atoms with van der Waals surface area (Å²) in [6.45, 7) is 2.94. The van der Waals surface area contributed by atoms with E-state index in [2.05, 4.69) is 0 Å². The molecule has 1 fully saturated rings. The number of hydrogen-bond donors (Lipinski definition) is 0. The third kappa shape index (κ3) is 2.53. The minimum atomic E-state index is -3.53. The standard InChI is InChI=1S/C12H14N2O3S/c1-10-9-14(5-6-17-10)18(15,16)12-4-2-3-11(7-12)8-13/h2-4,7,10H,5-6,9H2,1H3/t10-/m1/s1. The summed E-state index contributed by atoms with van der Waals surface area (Å²) in [6, 6.07) is 8.01. The average molecular weight is 266 g/mol. The van der Waals surface area contributed by atoms with Crippen molar-refractivity contribution in [1.29, 1.82) is 5.26 Å². The van der Waals surface area contributed by atoms with E-state index in [-0.39, 0.29) is 11.0 Å². The number of hydrogen-bond acceptors (Lipinski definition) is 4. The Morgan fingerprint density at radius 2 is 2.28 bits per heavy atom. The number of ether oxygens (including phenoxy) is 1. The Balaban J connectivity index is 2.33. The van der Waals surface area contributed by atoms with Crippen LogP contribution in [0.3, 0.4) is 0 Å². The first-order chi connectivity index (χ1) is 8.54. The maximum atomic E-state index is 12.4. The third-order valence-corrected chi connectivity index (χ3v) is 4.67. The van der Waals surface area contributed by atoms with E-state index in [4.69, 9.17) is 10.00 Å². The van der Waals surface area contributed by atoms with Crippen molar-refractivity contribution in [3.05, 3.63) is 29.8 Å². The first kappa shape index (κ1) is 13.0. The number of nitrogens with zero attached hydrogens (tertiary/aromatic N) is 2. The molecule has 0 spiro atoms. The van der Waals surface area contributed by atoms with E-state index in [1.165, 1.54) is 16.4 Å². The van der Waals surface area contributed by atoms with Gasteiger partial charge in [0.25, 0.3) is 0 Å². The fraction of sp³-hybridized carbons (Fsp3) is 0.417. The van der Waals surface area contributed by atoms with Crippen LogP contribution >= 0.6 is 0 Å². The van der Waals surface area contributed by atoms with Gasteiger partial charge >= 0.3 is 0 Å². The Kier molecular flexibility index (Phi) is 3.66. The predicted octanol–water partition coefficient (Wildman–Crippen LogP) is 0.968. The molecule has 1 heterocycles. The van der Waals surface area contributed by atoms with Crippen molar-refractivity contribution < 1.29 is 13.2 Å². The van der Waals surface area contributed by atoms with Crippen LogP contribution < -0.4 is 0 Å². The molecule has 0 radical (unpaired) electrons. The van der Waals surface area contributed by atoms with Gasteiger partial charge in [0.15, 0.2) is 0 Å². The average Bonchev–Trinajstić information content (AvgIpc) is 2.39. The van der Waals surface area contributed by atoms with Crippen LogP contribution in [0.1, 0.15) is 12.5 Å². The van der Waals surface area contributed by atoms with Gasteiger partial charge in [-0.05, 0) is 25.1 Å². The lowest BCUT2D eigenvalue weighted by Crippen LogP contribution is -2.44. The number of morpholine rings is 1. The van der Waals surface area contributed by atoms with Crippen molar-refractivity contribution in [3.8, 4) is 6.07 Å². The zero-order chi connectivity index (χ0) is 13.2. The minimum Gasteiger partial charge on any atom is -0.376 e. The molecule has 1 aliphatic rings. The van der Waals surface area contributed by atoms with Crippen molar-refractivity contribution in [2.75, 3.05) is 19.7 Å². The van der Waals surface area contributed by atoms with Crippen LogP contribution in [0, 0.1) is 11.3 Å². The molecule has 5 nitrogen and oxygen atoms in total. The van der Waals surface area contributed by atoms with Crippen LogP contribution in [0.4, 0.5) is 0 Å². The predicted molar refractivity (Wildman–Crippen MR) is 65.3 cm³/mol. The molecule has 1 aromatic carbocycles. The van der Waals surface area contributed by atoms with Gasteiger partial charge in [-0.25, -0.2) is 8.42 Å². The number of rotatable bonds is 2. The monoisotopic (exact) mass is 266 g/mol. The number of sulfonamides is 1. The van der Waals surface area contributed by atoms with E-state index in [0.29, 0.717) is 25.3 Å². The highest BCUT2D eigenvalue weighted by atomic mass is 32.2. The molecule has 96 valence electrons. The van der Waals surface area contributed by atoms with Gasteiger partial charge in [0.2, 0.25) is 10.0 Å². The van der Waals surface area contributed by atoms with Gasteiger partial charge in [-0.15, -0.1) is 0 Å². The fourth-order valence-electron chi connectivity index (χ4n) is 1.88. The van der Waals surface area contributed by atoms with Gasteiger partial charge in [0, 0.05) is 13.1 Å². The smallest absolute Gasteiger partial charge is 0.243 e. The summed E-state index contributed by atoms with van der Waals surface area (Å²) in [4.78, 5) is 0.163. The topological polar surface area (TPSA) is 70.4 Å². The van der Waals surface area contributed by atoms with Crippen LogP contribution in [-0.4, -0.2) is 38.5 Å². The lowest BCUT2D eigenvalue weighted by molar-refractivity contribution is 0.0102. The van der Waals surface area contributed by atoms with E-state index in [9.17, 15) is 8.42 Å². The van der Waals surface area contributed by atoms with Crippen LogP contribution in [-0.2, 0) is 14.8 Å². The van der Waals surface area contributed by atoms with Gasteiger partial charge in [-0.2, -0.15) is 9.57 Å². The highest BCUT2D eigenvalue weighted by molar-refractivity contribution is 7.89. The molecule has 1 aromatic rings. The molecule has 0 unspecified atom stereocenters. The van der Waals surface area contributed by atoms with Gasteiger partial charge in [0.1, 0.15) is 0 Å². The molecule has 6 heteroatoms. The molecule has 1 atom stereocenters. The van der Waals surface area contributed by atoms with Crippen LogP contribution in [0.2, 0.25) is 0 Å². The zero-order valence-corrected chi connectivity index (χ0v) is 10.9. The maximum Gasteiger partial charge on any atom is 0.243 e. The van der Waals surface area contributed by atoms with E-state index < -0.39 is 10.0 Å². The first-order valence-electron chi connectivity index (χ1n) is 5.66. The molecule has 0 bridgehead atoms. The Morgan fingerprint density at radius 3 is 2.94 bits per heavy atom. The molecular formula is C12H14N2O3S. The molecular weight excluding hydrogens is 252 g/mol. The van der Waals surface area contributed by atoms with Crippen LogP contribution in [0.25, 0.3) is 0 Å². The van der Waals surface area contributed by atoms with Crippen molar-refractivity contribution in [2.45, 2.75) is 17.9 Å². The molecule has 0 amide bonds. The lowest BCUT2D eigenvalue weighted by Gasteiger charge is -2.30. The van der Waals surface area contributed by atoms with E-state index in [0.717, 1.165) is 0 Å². The molecule has 0 N–H and O–H groups in total. The largest absolute Gasteiger partial charge is 0.376 e. The van der Waals surface area contributed by atoms with Gasteiger partial charge in [0.05, 0.1) is 29.2 Å².